The fourth-order valence-electron chi connectivity index (χ4n) is 3.17. The van der Waals surface area contributed by atoms with Crippen molar-refractivity contribution in [2.75, 3.05) is 10.6 Å². The van der Waals surface area contributed by atoms with Crippen molar-refractivity contribution in [3.8, 4) is 0 Å². The van der Waals surface area contributed by atoms with Crippen LogP contribution in [0.25, 0.3) is 0 Å². The third kappa shape index (κ3) is 4.11. The van der Waals surface area contributed by atoms with Crippen LogP contribution in [0.1, 0.15) is 29.8 Å². The largest absolute Gasteiger partial charge is 0.348 e. The molecule has 0 bridgehead atoms. The van der Waals surface area contributed by atoms with Crippen LogP contribution in [0.15, 0.2) is 47.5 Å². The van der Waals surface area contributed by atoms with Crippen LogP contribution in [0.5, 0.6) is 0 Å². The van der Waals surface area contributed by atoms with Gasteiger partial charge in [0.1, 0.15) is 10.8 Å². The van der Waals surface area contributed by atoms with E-state index >= 15 is 0 Å². The molecule has 0 spiro atoms. The molecule has 2 heterocycles. The van der Waals surface area contributed by atoms with Gasteiger partial charge in [-0.2, -0.15) is 4.98 Å². The smallest absolute Gasteiger partial charge is 0.251 e. The Labute approximate surface area is 189 Å². The van der Waals surface area contributed by atoms with E-state index in [2.05, 4.69) is 25.9 Å². The highest BCUT2D eigenvalue weighted by atomic mass is 35.5. The molecule has 166 valence electrons. The number of hydrogen-bond donors (Lipinski definition) is 3. The molecule has 4 rings (SSSR count). The SMILES string of the molecule is CC(C)S(=O)(=O)c1ccccc1Nc1nc(Nc2cc3c(cc2F)CNC3=O)ncc1Cl. The summed E-state index contributed by atoms with van der Waals surface area (Å²) in [5, 5.41) is 7.83. The van der Waals surface area contributed by atoms with Gasteiger partial charge in [0, 0.05) is 12.1 Å². The van der Waals surface area contributed by atoms with E-state index in [4.69, 9.17) is 11.6 Å². The minimum atomic E-state index is -3.57. The van der Waals surface area contributed by atoms with Gasteiger partial charge in [0.25, 0.3) is 5.91 Å². The standard InChI is InChI=1S/C21H19ClFN5O3S/c1-11(2)32(30,31)18-6-4-3-5-16(18)26-19-14(22)10-25-21(28-19)27-17-8-13-12(7-15(17)23)9-24-20(13)29/h3-8,10-11H,9H2,1-2H3,(H,24,29)(H2,25,26,27,28). The lowest BCUT2D eigenvalue weighted by Crippen LogP contribution is -2.15. The molecule has 1 amide bonds. The molecule has 1 aromatic heterocycles. The van der Waals surface area contributed by atoms with Crippen molar-refractivity contribution in [2.24, 2.45) is 0 Å². The Bertz CT molecular complexity index is 1330. The molecule has 0 atom stereocenters. The normalized spacial score (nSPS) is 13.1. The van der Waals surface area contributed by atoms with Crippen molar-refractivity contribution in [2.45, 2.75) is 30.5 Å². The van der Waals surface area contributed by atoms with Gasteiger partial charge in [0.15, 0.2) is 15.7 Å². The molecule has 0 unspecified atom stereocenters. The summed E-state index contributed by atoms with van der Waals surface area (Å²) in [4.78, 5) is 20.3. The second-order valence-corrected chi connectivity index (χ2v) is 10.3. The van der Waals surface area contributed by atoms with Crippen LogP contribution < -0.4 is 16.0 Å². The van der Waals surface area contributed by atoms with E-state index in [9.17, 15) is 17.6 Å². The fraction of sp³-hybridized carbons (Fsp3) is 0.190. The number of hydrogen-bond acceptors (Lipinski definition) is 7. The van der Waals surface area contributed by atoms with Crippen molar-refractivity contribution < 1.29 is 17.6 Å². The molecular formula is C21H19ClFN5O3S. The van der Waals surface area contributed by atoms with Crippen molar-refractivity contribution >= 4 is 50.5 Å². The Morgan fingerprint density at radius 1 is 1.16 bits per heavy atom. The number of nitrogens with one attached hydrogen (secondary N) is 3. The number of carbonyl (C=O) groups is 1. The summed E-state index contributed by atoms with van der Waals surface area (Å²) in [6.07, 6.45) is 1.30. The maximum atomic E-state index is 14.5. The van der Waals surface area contributed by atoms with Gasteiger partial charge in [-0.05, 0) is 43.7 Å². The topological polar surface area (TPSA) is 113 Å². The van der Waals surface area contributed by atoms with E-state index in [1.807, 2.05) is 0 Å². The van der Waals surface area contributed by atoms with Crippen LogP contribution in [-0.2, 0) is 16.4 Å². The van der Waals surface area contributed by atoms with Crippen LogP contribution in [-0.4, -0.2) is 29.5 Å². The van der Waals surface area contributed by atoms with E-state index in [0.29, 0.717) is 16.8 Å². The number of rotatable bonds is 6. The summed E-state index contributed by atoms with van der Waals surface area (Å²) in [6, 6.07) is 9.07. The van der Waals surface area contributed by atoms with Crippen LogP contribution in [0, 0.1) is 5.82 Å². The van der Waals surface area contributed by atoms with Crippen LogP contribution >= 0.6 is 11.6 Å². The van der Waals surface area contributed by atoms with E-state index in [1.54, 1.807) is 32.0 Å². The molecule has 2 aromatic carbocycles. The monoisotopic (exact) mass is 475 g/mol. The molecule has 11 heteroatoms. The molecule has 3 aromatic rings. The Kier molecular flexibility index (Phi) is 5.74. The van der Waals surface area contributed by atoms with Gasteiger partial charge in [-0.25, -0.2) is 17.8 Å². The number of halogens is 2. The number of aromatic nitrogens is 2. The van der Waals surface area contributed by atoms with Gasteiger partial charge in [0.2, 0.25) is 5.95 Å². The molecule has 1 aliphatic rings. The fourth-order valence-corrected chi connectivity index (χ4v) is 4.51. The van der Waals surface area contributed by atoms with Crippen molar-refractivity contribution in [1.82, 2.24) is 15.3 Å². The molecule has 1 aliphatic heterocycles. The van der Waals surface area contributed by atoms with Crippen LogP contribution in [0.4, 0.5) is 27.5 Å². The summed E-state index contributed by atoms with van der Waals surface area (Å²) in [5.74, 6) is -0.708. The predicted molar refractivity (Wildman–Crippen MR) is 120 cm³/mol. The molecule has 0 saturated carbocycles. The number of para-hydroxylation sites is 1. The first-order valence-electron chi connectivity index (χ1n) is 9.67. The number of anilines is 4. The van der Waals surface area contributed by atoms with Gasteiger partial charge >= 0.3 is 0 Å². The average molecular weight is 476 g/mol. The summed E-state index contributed by atoms with van der Waals surface area (Å²) >= 11 is 6.21. The zero-order chi connectivity index (χ0) is 23.0. The van der Waals surface area contributed by atoms with Gasteiger partial charge in [-0.15, -0.1) is 0 Å². The van der Waals surface area contributed by atoms with E-state index in [-0.39, 0.29) is 39.8 Å². The number of amides is 1. The summed E-state index contributed by atoms with van der Waals surface area (Å²) < 4.78 is 39.9. The Morgan fingerprint density at radius 2 is 1.91 bits per heavy atom. The average Bonchev–Trinajstić information content (AvgIpc) is 3.10. The van der Waals surface area contributed by atoms with E-state index < -0.39 is 20.9 Å². The highest BCUT2D eigenvalue weighted by Gasteiger charge is 2.24. The summed E-state index contributed by atoms with van der Waals surface area (Å²) in [5.41, 5.74) is 1.26. The lowest BCUT2D eigenvalue weighted by molar-refractivity contribution is 0.0965. The third-order valence-corrected chi connectivity index (χ3v) is 7.42. The molecular weight excluding hydrogens is 457 g/mol. The zero-order valence-electron chi connectivity index (χ0n) is 17.1. The molecule has 0 fully saturated rings. The molecule has 8 nitrogen and oxygen atoms in total. The first kappa shape index (κ1) is 22.0. The van der Waals surface area contributed by atoms with Gasteiger partial charge in [-0.3, -0.25) is 4.79 Å². The van der Waals surface area contributed by atoms with Crippen molar-refractivity contribution in [1.29, 1.82) is 0 Å². The van der Waals surface area contributed by atoms with Gasteiger partial charge in [-0.1, -0.05) is 23.7 Å². The van der Waals surface area contributed by atoms with E-state index in [0.717, 1.165) is 0 Å². The Hall–Kier alpha value is -3.24. The van der Waals surface area contributed by atoms with Crippen LogP contribution in [0.2, 0.25) is 5.02 Å². The number of nitrogens with zero attached hydrogens (tertiary/aromatic N) is 2. The van der Waals surface area contributed by atoms with Gasteiger partial charge < -0.3 is 16.0 Å². The number of fused-ring (bicyclic) bond motifs is 1. The highest BCUT2D eigenvalue weighted by Crippen LogP contribution is 2.31. The lowest BCUT2D eigenvalue weighted by Gasteiger charge is -2.15. The molecule has 0 radical (unpaired) electrons. The number of sulfone groups is 1. The maximum Gasteiger partial charge on any atom is 0.251 e. The molecule has 32 heavy (non-hydrogen) atoms. The number of carbonyl (C=O) groups excluding carboxylic acids is 1. The minimum absolute atomic E-state index is 0.0124. The Balaban J connectivity index is 1.66. The van der Waals surface area contributed by atoms with E-state index in [1.165, 1.54) is 24.4 Å². The predicted octanol–water partition coefficient (Wildman–Crippen LogP) is 4.18. The summed E-state index contributed by atoms with van der Waals surface area (Å²) in [7, 11) is -3.57. The first-order chi connectivity index (χ1) is 15.2. The van der Waals surface area contributed by atoms with Crippen LogP contribution in [0.3, 0.4) is 0 Å². The zero-order valence-corrected chi connectivity index (χ0v) is 18.7. The molecule has 0 saturated heterocycles. The highest BCUT2D eigenvalue weighted by molar-refractivity contribution is 7.92. The Morgan fingerprint density at radius 3 is 2.66 bits per heavy atom. The second-order valence-electron chi connectivity index (χ2n) is 7.40. The molecule has 0 aliphatic carbocycles. The minimum Gasteiger partial charge on any atom is -0.348 e. The van der Waals surface area contributed by atoms with Crippen molar-refractivity contribution in [3.05, 3.63) is 64.6 Å². The maximum absolute atomic E-state index is 14.5. The summed E-state index contributed by atoms with van der Waals surface area (Å²) in [6.45, 7) is 3.46. The first-order valence-corrected chi connectivity index (χ1v) is 11.6. The van der Waals surface area contributed by atoms with Gasteiger partial charge in [0.05, 0.1) is 27.7 Å². The van der Waals surface area contributed by atoms with Crippen molar-refractivity contribution in [3.63, 3.8) is 0 Å². The molecule has 3 N–H and O–H groups in total. The lowest BCUT2D eigenvalue weighted by atomic mass is 10.1. The quantitative estimate of drug-likeness (QED) is 0.490. The number of benzene rings is 2. The second kappa shape index (κ2) is 8.36. The third-order valence-electron chi connectivity index (χ3n) is 4.93.